The van der Waals surface area contributed by atoms with Gasteiger partial charge in [-0.3, -0.25) is 0 Å². The lowest BCUT2D eigenvalue weighted by atomic mass is 9.77. The fraction of sp³-hybridized carbons (Fsp3) is 0.692. The highest BCUT2D eigenvalue weighted by molar-refractivity contribution is 6.00. The molecule has 1 aromatic rings. The molecule has 0 radical (unpaired) electrons. The van der Waals surface area contributed by atoms with Gasteiger partial charge < -0.3 is 30.0 Å². The van der Waals surface area contributed by atoms with Gasteiger partial charge in [-0.05, 0) is 59.1 Å². The zero-order valence-corrected chi connectivity index (χ0v) is 30.5. The van der Waals surface area contributed by atoms with Crippen LogP contribution in [0.25, 0.3) is 0 Å². The third kappa shape index (κ3) is 13.7. The number of carbonyl (C=O) groups excluding carboxylic acids is 2. The van der Waals surface area contributed by atoms with Crippen molar-refractivity contribution in [3.63, 3.8) is 0 Å². The Hall–Kier alpha value is -2.84. The van der Waals surface area contributed by atoms with Crippen molar-refractivity contribution in [3.05, 3.63) is 51.9 Å². The summed E-state index contributed by atoms with van der Waals surface area (Å²) in [5.41, 5.74) is 9.37. The SMILES string of the molecule is CCCCCCCCCCCCCCCc1cccc(OC)c1C1C(C(=O)OC(C)C)=C(C)NC(COCCN)=C1C(=O)OC(C)C. The summed E-state index contributed by atoms with van der Waals surface area (Å²) in [6.07, 6.45) is 16.8. The van der Waals surface area contributed by atoms with E-state index in [0.717, 1.165) is 30.4 Å². The molecule has 3 N–H and O–H groups in total. The molecule has 0 bridgehead atoms. The fourth-order valence-corrected chi connectivity index (χ4v) is 6.27. The first-order chi connectivity index (χ1) is 22.7. The number of hydrogen-bond acceptors (Lipinski definition) is 8. The molecule has 0 aliphatic carbocycles. The van der Waals surface area contributed by atoms with E-state index in [1.165, 1.54) is 70.6 Å². The van der Waals surface area contributed by atoms with Gasteiger partial charge in [-0.2, -0.15) is 0 Å². The van der Waals surface area contributed by atoms with Crippen molar-refractivity contribution < 1.29 is 28.5 Å². The summed E-state index contributed by atoms with van der Waals surface area (Å²) < 4.78 is 23.3. The molecule has 0 spiro atoms. The van der Waals surface area contributed by atoms with E-state index < -0.39 is 17.9 Å². The van der Waals surface area contributed by atoms with Crippen molar-refractivity contribution >= 4 is 11.9 Å². The minimum Gasteiger partial charge on any atom is -0.496 e. The predicted molar refractivity (Wildman–Crippen MR) is 190 cm³/mol. The van der Waals surface area contributed by atoms with E-state index >= 15 is 0 Å². The maximum atomic E-state index is 13.9. The number of allylic oxidation sites excluding steroid dienone is 1. The highest BCUT2D eigenvalue weighted by Gasteiger charge is 2.41. The Morgan fingerprint density at radius 3 is 1.85 bits per heavy atom. The lowest BCUT2D eigenvalue weighted by molar-refractivity contribution is -0.143. The van der Waals surface area contributed by atoms with Crippen molar-refractivity contribution in [2.24, 2.45) is 5.73 Å². The van der Waals surface area contributed by atoms with Crippen LogP contribution >= 0.6 is 0 Å². The molecule has 2 rings (SSSR count). The van der Waals surface area contributed by atoms with E-state index in [2.05, 4.69) is 18.3 Å². The van der Waals surface area contributed by atoms with E-state index in [9.17, 15) is 9.59 Å². The van der Waals surface area contributed by atoms with E-state index in [1.807, 2.05) is 46.8 Å². The molecule has 1 heterocycles. The first kappa shape index (κ1) is 40.3. The summed E-state index contributed by atoms with van der Waals surface area (Å²) in [4.78, 5) is 27.7. The Morgan fingerprint density at radius 2 is 1.34 bits per heavy atom. The van der Waals surface area contributed by atoms with E-state index in [4.69, 9.17) is 24.7 Å². The van der Waals surface area contributed by atoms with Gasteiger partial charge in [0.25, 0.3) is 0 Å². The van der Waals surface area contributed by atoms with Crippen molar-refractivity contribution in [3.8, 4) is 5.75 Å². The highest BCUT2D eigenvalue weighted by atomic mass is 16.5. The fourth-order valence-electron chi connectivity index (χ4n) is 6.27. The molecule has 0 saturated carbocycles. The lowest BCUT2D eigenvalue weighted by Gasteiger charge is -2.34. The first-order valence-electron chi connectivity index (χ1n) is 18.2. The van der Waals surface area contributed by atoms with Crippen molar-refractivity contribution in [1.82, 2.24) is 5.32 Å². The second-order valence-corrected chi connectivity index (χ2v) is 13.3. The van der Waals surface area contributed by atoms with E-state index in [0.29, 0.717) is 41.4 Å². The van der Waals surface area contributed by atoms with Crippen LogP contribution in [0.2, 0.25) is 0 Å². The Labute approximate surface area is 285 Å². The van der Waals surface area contributed by atoms with Crippen LogP contribution in [0.1, 0.15) is 142 Å². The van der Waals surface area contributed by atoms with Gasteiger partial charge in [0.15, 0.2) is 0 Å². The smallest absolute Gasteiger partial charge is 0.337 e. The summed E-state index contributed by atoms with van der Waals surface area (Å²) >= 11 is 0. The van der Waals surface area contributed by atoms with Gasteiger partial charge in [0.1, 0.15) is 5.75 Å². The summed E-state index contributed by atoms with van der Waals surface area (Å²) in [5, 5.41) is 3.29. The number of unbranched alkanes of at least 4 members (excludes halogenated alkanes) is 12. The van der Waals surface area contributed by atoms with Gasteiger partial charge in [0.2, 0.25) is 0 Å². The number of nitrogens with two attached hydrogens (primary N) is 1. The quantitative estimate of drug-likeness (QED) is 0.0843. The van der Waals surface area contributed by atoms with Crippen LogP contribution in [0.4, 0.5) is 0 Å². The van der Waals surface area contributed by atoms with Crippen molar-refractivity contribution in [2.45, 2.75) is 150 Å². The molecule has 1 aliphatic rings. The van der Waals surface area contributed by atoms with Crippen molar-refractivity contribution in [1.29, 1.82) is 0 Å². The molecule has 47 heavy (non-hydrogen) atoms. The second kappa shape index (κ2) is 22.7. The van der Waals surface area contributed by atoms with Gasteiger partial charge in [-0.25, -0.2) is 9.59 Å². The molecule has 0 amide bonds. The topological polar surface area (TPSA) is 109 Å². The normalized spacial score (nSPS) is 15.0. The number of dihydropyridines is 1. The average Bonchev–Trinajstić information content (AvgIpc) is 3.02. The third-order valence-corrected chi connectivity index (χ3v) is 8.49. The van der Waals surface area contributed by atoms with Crippen LogP contribution in [0.5, 0.6) is 5.75 Å². The molecule has 1 unspecified atom stereocenters. The number of nitrogens with one attached hydrogen (secondary N) is 1. The predicted octanol–water partition coefficient (Wildman–Crippen LogP) is 8.42. The molecule has 1 aliphatic heterocycles. The maximum absolute atomic E-state index is 13.9. The van der Waals surface area contributed by atoms with Gasteiger partial charge in [0, 0.05) is 17.8 Å². The number of hydrogen-bond donors (Lipinski definition) is 2. The Bertz CT molecular complexity index is 1160. The summed E-state index contributed by atoms with van der Waals surface area (Å²) in [7, 11) is 1.62. The molecule has 0 aromatic heterocycles. The van der Waals surface area contributed by atoms with Gasteiger partial charge in [0.05, 0.1) is 55.3 Å². The van der Waals surface area contributed by atoms with Gasteiger partial charge in [-0.1, -0.05) is 96.1 Å². The maximum Gasteiger partial charge on any atom is 0.337 e. The number of benzene rings is 1. The first-order valence-corrected chi connectivity index (χ1v) is 18.2. The molecule has 1 aromatic carbocycles. The molecular weight excluding hydrogens is 592 g/mol. The summed E-state index contributed by atoms with van der Waals surface area (Å²) in [6.45, 7) is 12.1. The minimum atomic E-state index is -0.765. The monoisotopic (exact) mass is 656 g/mol. The molecule has 0 fully saturated rings. The molecule has 266 valence electrons. The van der Waals surface area contributed by atoms with Crippen LogP contribution in [0.15, 0.2) is 40.7 Å². The molecular formula is C39H64N2O6. The van der Waals surface area contributed by atoms with E-state index in [-0.39, 0.29) is 18.8 Å². The lowest BCUT2D eigenvalue weighted by Crippen LogP contribution is -2.36. The van der Waals surface area contributed by atoms with Crippen LogP contribution in [-0.2, 0) is 30.2 Å². The molecule has 1 atom stereocenters. The Morgan fingerprint density at radius 1 is 0.809 bits per heavy atom. The standard InChI is InChI=1S/C39H64N2O6/c1-8-9-10-11-12-13-14-15-16-17-18-19-20-22-31-23-21-24-33(44-7)35(31)37-34(38(42)46-28(2)3)30(6)41-32(27-45-26-25-40)36(37)39(43)47-29(4)5/h21,23-24,28-29,37,41H,8-20,22,25-27,40H2,1-7H3. The minimum absolute atomic E-state index is 0.115. The number of methoxy groups -OCH3 is 1. The largest absolute Gasteiger partial charge is 0.496 e. The second-order valence-electron chi connectivity index (χ2n) is 13.3. The summed E-state index contributed by atoms with van der Waals surface area (Å²) in [5.74, 6) is -1.14. The number of aryl methyl sites for hydroxylation is 1. The van der Waals surface area contributed by atoms with Crippen LogP contribution in [0, 0.1) is 0 Å². The Kier molecular flexibility index (Phi) is 19.5. The van der Waals surface area contributed by atoms with Crippen LogP contribution < -0.4 is 15.8 Å². The van der Waals surface area contributed by atoms with Gasteiger partial charge in [-0.15, -0.1) is 0 Å². The number of carbonyl (C=O) groups is 2. The zero-order valence-electron chi connectivity index (χ0n) is 30.5. The summed E-state index contributed by atoms with van der Waals surface area (Å²) in [6, 6.07) is 5.95. The molecule has 0 saturated heterocycles. The number of esters is 2. The number of rotatable bonds is 24. The number of ether oxygens (including phenoxy) is 4. The highest BCUT2D eigenvalue weighted by Crippen LogP contribution is 2.45. The van der Waals surface area contributed by atoms with Crippen LogP contribution in [-0.4, -0.2) is 51.0 Å². The third-order valence-electron chi connectivity index (χ3n) is 8.49. The zero-order chi connectivity index (χ0) is 34.6. The van der Waals surface area contributed by atoms with Crippen LogP contribution in [0.3, 0.4) is 0 Å². The average molecular weight is 657 g/mol. The molecule has 8 nitrogen and oxygen atoms in total. The van der Waals surface area contributed by atoms with Crippen molar-refractivity contribution in [2.75, 3.05) is 26.9 Å². The van der Waals surface area contributed by atoms with E-state index in [1.54, 1.807) is 7.11 Å². The van der Waals surface area contributed by atoms with Gasteiger partial charge >= 0.3 is 11.9 Å². The molecule has 8 heteroatoms. The Balaban J connectivity index is 2.33.